The topological polar surface area (TPSA) is 26.0 Å². The summed E-state index contributed by atoms with van der Waals surface area (Å²) in [6, 6.07) is 7.46. The molecule has 0 saturated heterocycles. The molecular formula is C13H17F2NS. The van der Waals surface area contributed by atoms with Gasteiger partial charge in [0.25, 0.3) is 5.76 Å². The molecule has 1 saturated carbocycles. The zero-order chi connectivity index (χ0) is 12.6. The van der Waals surface area contributed by atoms with Crippen LogP contribution in [0, 0.1) is 11.3 Å². The monoisotopic (exact) mass is 257 g/mol. The first kappa shape index (κ1) is 12.8. The first-order valence-corrected chi connectivity index (χ1v) is 6.59. The molecule has 94 valence electrons. The van der Waals surface area contributed by atoms with Crippen LogP contribution in [-0.2, 0) is 0 Å². The second-order valence-electron chi connectivity index (χ2n) is 5.09. The van der Waals surface area contributed by atoms with Gasteiger partial charge in [-0.15, -0.1) is 0 Å². The quantitative estimate of drug-likeness (QED) is 0.832. The van der Waals surface area contributed by atoms with Crippen LogP contribution in [0.15, 0.2) is 29.2 Å². The largest absolute Gasteiger partial charge is 0.330 e. The molecule has 0 radical (unpaired) electrons. The van der Waals surface area contributed by atoms with E-state index in [1.807, 2.05) is 18.2 Å². The molecule has 1 fully saturated rings. The molecule has 1 aliphatic rings. The van der Waals surface area contributed by atoms with Crippen LogP contribution in [0.5, 0.6) is 0 Å². The lowest BCUT2D eigenvalue weighted by Crippen LogP contribution is -2.05. The average molecular weight is 257 g/mol. The van der Waals surface area contributed by atoms with Crippen LogP contribution in [0.3, 0.4) is 0 Å². The summed E-state index contributed by atoms with van der Waals surface area (Å²) >= 11 is 0.602. The minimum absolute atomic E-state index is 0.197. The SMILES string of the molecule is CC1(C)[C@@H](CN)[C@@H]1c1cccc(SC(F)F)c1. The number of alkyl halides is 2. The van der Waals surface area contributed by atoms with E-state index in [0.29, 0.717) is 35.0 Å². The third-order valence-electron chi connectivity index (χ3n) is 3.75. The molecule has 0 aliphatic heterocycles. The van der Waals surface area contributed by atoms with Gasteiger partial charge in [-0.1, -0.05) is 37.7 Å². The fourth-order valence-corrected chi connectivity index (χ4v) is 3.30. The highest BCUT2D eigenvalue weighted by Gasteiger charge is 2.57. The second kappa shape index (κ2) is 4.58. The van der Waals surface area contributed by atoms with E-state index in [9.17, 15) is 8.78 Å². The highest BCUT2D eigenvalue weighted by atomic mass is 32.2. The molecule has 0 bridgehead atoms. The summed E-state index contributed by atoms with van der Waals surface area (Å²) in [5.74, 6) is -1.48. The minimum Gasteiger partial charge on any atom is -0.330 e. The molecule has 0 heterocycles. The van der Waals surface area contributed by atoms with E-state index in [4.69, 9.17) is 5.73 Å². The van der Waals surface area contributed by atoms with E-state index < -0.39 is 5.76 Å². The van der Waals surface area contributed by atoms with Crippen molar-refractivity contribution >= 4 is 11.8 Å². The summed E-state index contributed by atoms with van der Waals surface area (Å²) in [5.41, 5.74) is 7.06. The Kier molecular flexibility index (Phi) is 3.46. The van der Waals surface area contributed by atoms with Gasteiger partial charge in [0.05, 0.1) is 0 Å². The first-order valence-electron chi connectivity index (χ1n) is 5.71. The van der Waals surface area contributed by atoms with E-state index in [1.165, 1.54) is 0 Å². The van der Waals surface area contributed by atoms with Gasteiger partial charge in [0.2, 0.25) is 0 Å². The first-order chi connectivity index (χ1) is 7.96. The normalized spacial score (nSPS) is 26.2. The third-order valence-corrected chi connectivity index (χ3v) is 4.45. The van der Waals surface area contributed by atoms with Crippen LogP contribution >= 0.6 is 11.8 Å². The predicted molar refractivity (Wildman–Crippen MR) is 67.4 cm³/mol. The van der Waals surface area contributed by atoms with Gasteiger partial charge < -0.3 is 5.73 Å². The van der Waals surface area contributed by atoms with Gasteiger partial charge in [0.15, 0.2) is 0 Å². The number of halogens is 2. The second-order valence-corrected chi connectivity index (χ2v) is 6.16. The Morgan fingerprint density at radius 1 is 1.41 bits per heavy atom. The minimum atomic E-state index is -2.36. The van der Waals surface area contributed by atoms with E-state index in [1.54, 1.807) is 6.07 Å². The zero-order valence-electron chi connectivity index (χ0n) is 9.99. The standard InChI is InChI=1S/C13H17F2NS/c1-13(2)10(7-16)11(13)8-4-3-5-9(6-8)17-12(14)15/h3-6,10-12H,7,16H2,1-2H3/t10-,11-/m0/s1. The lowest BCUT2D eigenvalue weighted by atomic mass is 10.0. The third kappa shape index (κ3) is 2.47. The molecular weight excluding hydrogens is 240 g/mol. The van der Waals surface area contributed by atoms with Crippen molar-refractivity contribution in [2.24, 2.45) is 17.1 Å². The molecule has 0 spiro atoms. The van der Waals surface area contributed by atoms with Gasteiger partial charge >= 0.3 is 0 Å². The van der Waals surface area contributed by atoms with Crippen molar-refractivity contribution < 1.29 is 8.78 Å². The molecule has 1 aromatic rings. The molecule has 2 atom stereocenters. The molecule has 1 nitrogen and oxygen atoms in total. The van der Waals surface area contributed by atoms with E-state index in [2.05, 4.69) is 13.8 Å². The van der Waals surface area contributed by atoms with Crippen LogP contribution in [-0.4, -0.2) is 12.3 Å². The smallest absolute Gasteiger partial charge is 0.288 e. The summed E-state index contributed by atoms with van der Waals surface area (Å²) in [4.78, 5) is 0.635. The molecule has 4 heteroatoms. The molecule has 2 N–H and O–H groups in total. The van der Waals surface area contributed by atoms with Crippen LogP contribution in [0.25, 0.3) is 0 Å². The number of thioether (sulfide) groups is 1. The highest BCUT2D eigenvalue weighted by molar-refractivity contribution is 7.99. The highest BCUT2D eigenvalue weighted by Crippen LogP contribution is 2.63. The van der Waals surface area contributed by atoms with E-state index >= 15 is 0 Å². The van der Waals surface area contributed by atoms with Crippen LogP contribution in [0.1, 0.15) is 25.3 Å². The fraction of sp³-hybridized carbons (Fsp3) is 0.538. The summed E-state index contributed by atoms with van der Waals surface area (Å²) in [6.07, 6.45) is 0. The number of nitrogens with two attached hydrogens (primary N) is 1. The number of rotatable bonds is 4. The molecule has 0 unspecified atom stereocenters. The zero-order valence-corrected chi connectivity index (χ0v) is 10.8. The van der Waals surface area contributed by atoms with Crippen molar-refractivity contribution in [2.75, 3.05) is 6.54 Å². The van der Waals surface area contributed by atoms with Crippen molar-refractivity contribution in [3.8, 4) is 0 Å². The molecule has 17 heavy (non-hydrogen) atoms. The van der Waals surface area contributed by atoms with Crippen molar-refractivity contribution in [3.05, 3.63) is 29.8 Å². The van der Waals surface area contributed by atoms with E-state index in [0.717, 1.165) is 5.56 Å². The van der Waals surface area contributed by atoms with Crippen LogP contribution in [0.4, 0.5) is 8.78 Å². The predicted octanol–water partition coefficient (Wildman–Crippen LogP) is 3.70. The van der Waals surface area contributed by atoms with Gasteiger partial charge in [-0.25, -0.2) is 0 Å². The molecule has 2 rings (SSSR count). The van der Waals surface area contributed by atoms with Gasteiger partial charge in [0, 0.05) is 4.90 Å². The van der Waals surface area contributed by atoms with Gasteiger partial charge in [-0.3, -0.25) is 0 Å². The van der Waals surface area contributed by atoms with Gasteiger partial charge in [-0.2, -0.15) is 8.78 Å². The Hall–Kier alpha value is -0.610. The molecule has 1 aromatic carbocycles. The Morgan fingerprint density at radius 3 is 2.65 bits per heavy atom. The van der Waals surface area contributed by atoms with Crippen molar-refractivity contribution in [1.82, 2.24) is 0 Å². The maximum absolute atomic E-state index is 12.3. The summed E-state index contributed by atoms with van der Waals surface area (Å²) < 4.78 is 24.6. The van der Waals surface area contributed by atoms with Crippen molar-refractivity contribution in [1.29, 1.82) is 0 Å². The Morgan fingerprint density at radius 2 is 2.12 bits per heavy atom. The molecule has 1 aliphatic carbocycles. The van der Waals surface area contributed by atoms with Gasteiger partial charge in [0.1, 0.15) is 0 Å². The maximum Gasteiger partial charge on any atom is 0.288 e. The van der Waals surface area contributed by atoms with Crippen molar-refractivity contribution in [2.45, 2.75) is 30.4 Å². The van der Waals surface area contributed by atoms with E-state index in [-0.39, 0.29) is 5.41 Å². The number of benzene rings is 1. The van der Waals surface area contributed by atoms with Gasteiger partial charge in [-0.05, 0) is 41.5 Å². The Balaban J connectivity index is 2.18. The Labute approximate surface area is 105 Å². The lowest BCUT2D eigenvalue weighted by Gasteiger charge is -2.06. The maximum atomic E-state index is 12.3. The number of hydrogen-bond acceptors (Lipinski definition) is 2. The summed E-state index contributed by atoms with van der Waals surface area (Å²) in [5, 5.41) is 0. The fourth-order valence-electron chi connectivity index (χ4n) is 2.73. The number of hydrogen-bond donors (Lipinski definition) is 1. The summed E-state index contributed by atoms with van der Waals surface area (Å²) in [7, 11) is 0. The molecule has 0 aromatic heterocycles. The average Bonchev–Trinajstić information content (AvgIpc) is 2.79. The molecule has 0 amide bonds. The Bertz CT molecular complexity index is 406. The summed E-state index contributed by atoms with van der Waals surface area (Å²) in [6.45, 7) is 5.02. The van der Waals surface area contributed by atoms with Crippen molar-refractivity contribution in [3.63, 3.8) is 0 Å². The lowest BCUT2D eigenvalue weighted by molar-refractivity contribution is 0.252. The van der Waals surface area contributed by atoms with Crippen LogP contribution in [0.2, 0.25) is 0 Å². The van der Waals surface area contributed by atoms with Crippen LogP contribution < -0.4 is 5.73 Å².